The van der Waals surface area contributed by atoms with Crippen LogP contribution in [0.4, 0.5) is 17.1 Å². The molecule has 1 aromatic heterocycles. The Morgan fingerprint density at radius 3 is 2.34 bits per heavy atom. The number of benzene rings is 2. The second kappa shape index (κ2) is 9.37. The Morgan fingerprint density at radius 2 is 1.75 bits per heavy atom. The zero-order chi connectivity index (χ0) is 22.7. The minimum Gasteiger partial charge on any atom is -0.367 e. The van der Waals surface area contributed by atoms with Gasteiger partial charge in [0.05, 0.1) is 20.5 Å². The number of nitro benzene ring substituents is 1. The van der Waals surface area contributed by atoms with Crippen molar-refractivity contribution in [2.45, 2.75) is 0 Å². The normalized spacial score (nSPS) is 13.7. The van der Waals surface area contributed by atoms with Crippen LogP contribution in [0.2, 0.25) is 5.02 Å². The molecule has 0 bridgehead atoms. The lowest BCUT2D eigenvalue weighted by Crippen LogP contribution is -2.48. The fourth-order valence-electron chi connectivity index (χ4n) is 3.49. The zero-order valence-electron chi connectivity index (χ0n) is 16.9. The van der Waals surface area contributed by atoms with Crippen molar-refractivity contribution in [1.29, 1.82) is 0 Å². The van der Waals surface area contributed by atoms with Gasteiger partial charge in [0.25, 0.3) is 17.5 Å². The number of hydrogen-bond acceptors (Lipinski definition) is 6. The van der Waals surface area contributed by atoms with Crippen molar-refractivity contribution in [2.75, 3.05) is 36.4 Å². The molecular weight excluding hydrogens is 452 g/mol. The monoisotopic (exact) mass is 470 g/mol. The predicted molar refractivity (Wildman–Crippen MR) is 125 cm³/mol. The summed E-state index contributed by atoms with van der Waals surface area (Å²) in [5.74, 6) is -0.334. The number of anilines is 2. The summed E-state index contributed by atoms with van der Waals surface area (Å²) < 4.78 is 0. The van der Waals surface area contributed by atoms with Crippen LogP contribution in [0, 0.1) is 10.1 Å². The van der Waals surface area contributed by atoms with Crippen molar-refractivity contribution in [3.05, 3.63) is 85.6 Å². The van der Waals surface area contributed by atoms with Gasteiger partial charge in [-0.1, -0.05) is 17.7 Å². The van der Waals surface area contributed by atoms with Crippen molar-refractivity contribution in [3.63, 3.8) is 0 Å². The van der Waals surface area contributed by atoms with Gasteiger partial charge in [0.1, 0.15) is 0 Å². The summed E-state index contributed by atoms with van der Waals surface area (Å²) in [6.45, 7) is 2.52. The van der Waals surface area contributed by atoms with Crippen molar-refractivity contribution in [2.24, 2.45) is 0 Å². The molecule has 1 aliphatic heterocycles. The fraction of sp³-hybridized carbons (Fsp3) is 0.182. The van der Waals surface area contributed by atoms with E-state index in [-0.39, 0.29) is 17.5 Å². The van der Waals surface area contributed by atoms with Crippen LogP contribution >= 0.6 is 22.9 Å². The average molecular weight is 471 g/mol. The number of hydrogen-bond donors (Lipinski definition) is 1. The number of thiophene rings is 1. The summed E-state index contributed by atoms with van der Waals surface area (Å²) in [5.41, 5.74) is 1.59. The summed E-state index contributed by atoms with van der Waals surface area (Å²) in [7, 11) is 0. The summed E-state index contributed by atoms with van der Waals surface area (Å²) >= 11 is 7.92. The van der Waals surface area contributed by atoms with Crippen molar-refractivity contribution in [1.82, 2.24) is 4.90 Å². The topological polar surface area (TPSA) is 95.8 Å². The molecule has 1 aliphatic rings. The average Bonchev–Trinajstić information content (AvgIpc) is 3.34. The molecule has 10 heteroatoms. The van der Waals surface area contributed by atoms with Gasteiger partial charge in [-0.25, -0.2) is 0 Å². The number of amides is 2. The Labute approximate surface area is 193 Å². The Bertz CT molecular complexity index is 1140. The Kier molecular flexibility index (Phi) is 6.38. The number of piperazine rings is 1. The van der Waals surface area contributed by atoms with Gasteiger partial charge in [0, 0.05) is 49.6 Å². The molecule has 164 valence electrons. The van der Waals surface area contributed by atoms with Crippen LogP contribution in [-0.4, -0.2) is 47.8 Å². The number of halogens is 1. The molecule has 32 heavy (non-hydrogen) atoms. The first kappa shape index (κ1) is 21.8. The third-order valence-corrected chi connectivity index (χ3v) is 6.35. The smallest absolute Gasteiger partial charge is 0.269 e. The highest BCUT2D eigenvalue weighted by Crippen LogP contribution is 2.30. The number of rotatable bonds is 5. The van der Waals surface area contributed by atoms with Gasteiger partial charge in [-0.3, -0.25) is 19.7 Å². The SMILES string of the molecule is O=C(Nc1ccc(N2CCN(C(=O)c3cccs3)CC2)c(Cl)c1)c1ccc([N+](=O)[O-])cc1. The van der Waals surface area contributed by atoms with Gasteiger partial charge in [0.15, 0.2) is 0 Å². The number of nitrogens with zero attached hydrogens (tertiary/aromatic N) is 3. The molecular formula is C22H19ClN4O4S. The quantitative estimate of drug-likeness (QED) is 0.436. The van der Waals surface area contributed by atoms with E-state index in [0.29, 0.717) is 42.5 Å². The molecule has 1 saturated heterocycles. The Balaban J connectivity index is 1.37. The molecule has 2 heterocycles. The van der Waals surface area contributed by atoms with Crippen LogP contribution in [0.25, 0.3) is 0 Å². The Hall–Kier alpha value is -3.43. The van der Waals surface area contributed by atoms with E-state index in [4.69, 9.17) is 11.6 Å². The highest BCUT2D eigenvalue weighted by molar-refractivity contribution is 7.12. The maximum absolute atomic E-state index is 12.5. The van der Waals surface area contributed by atoms with E-state index in [2.05, 4.69) is 10.2 Å². The maximum atomic E-state index is 12.5. The fourth-order valence-corrected chi connectivity index (χ4v) is 4.48. The highest BCUT2D eigenvalue weighted by Gasteiger charge is 2.24. The molecule has 0 unspecified atom stereocenters. The van der Waals surface area contributed by atoms with Crippen molar-refractivity contribution in [3.8, 4) is 0 Å². The predicted octanol–water partition coefficient (Wildman–Crippen LogP) is 4.52. The first-order valence-corrected chi connectivity index (χ1v) is 11.1. The molecule has 1 fully saturated rings. The molecule has 2 amide bonds. The van der Waals surface area contributed by atoms with Gasteiger partial charge in [-0.05, 0) is 41.8 Å². The molecule has 0 atom stereocenters. The van der Waals surface area contributed by atoms with Crippen LogP contribution in [0.3, 0.4) is 0 Å². The van der Waals surface area contributed by atoms with E-state index < -0.39 is 4.92 Å². The minimum atomic E-state index is -0.516. The lowest BCUT2D eigenvalue weighted by molar-refractivity contribution is -0.384. The van der Waals surface area contributed by atoms with Crippen LogP contribution in [0.1, 0.15) is 20.0 Å². The second-order valence-corrected chi connectivity index (χ2v) is 8.54. The van der Waals surface area contributed by atoms with Crippen LogP contribution in [-0.2, 0) is 0 Å². The third-order valence-electron chi connectivity index (χ3n) is 5.19. The standard InChI is InChI=1S/C22H19ClN4O4S/c23-18-14-16(24-21(28)15-3-6-17(7-4-15)27(30)31)5-8-19(18)25-9-11-26(12-10-25)22(29)20-2-1-13-32-20/h1-8,13-14H,9-12H2,(H,24,28). The van der Waals surface area contributed by atoms with Gasteiger partial charge < -0.3 is 15.1 Å². The van der Waals surface area contributed by atoms with E-state index in [1.54, 1.807) is 12.1 Å². The molecule has 0 spiro atoms. The molecule has 8 nitrogen and oxygen atoms in total. The van der Waals surface area contributed by atoms with E-state index >= 15 is 0 Å². The second-order valence-electron chi connectivity index (χ2n) is 7.18. The lowest BCUT2D eigenvalue weighted by Gasteiger charge is -2.36. The Morgan fingerprint density at radius 1 is 1.03 bits per heavy atom. The van der Waals surface area contributed by atoms with Crippen molar-refractivity contribution < 1.29 is 14.5 Å². The molecule has 0 radical (unpaired) electrons. The first-order valence-electron chi connectivity index (χ1n) is 9.85. The van der Waals surface area contributed by atoms with E-state index in [1.165, 1.54) is 35.6 Å². The number of nitrogens with one attached hydrogen (secondary N) is 1. The van der Waals surface area contributed by atoms with Crippen LogP contribution in [0.15, 0.2) is 60.0 Å². The molecule has 4 rings (SSSR count). The number of non-ortho nitro benzene ring substituents is 1. The summed E-state index contributed by atoms with van der Waals surface area (Å²) in [5, 5.41) is 15.9. The number of carbonyl (C=O) groups is 2. The summed E-state index contributed by atoms with van der Waals surface area (Å²) in [6.07, 6.45) is 0. The molecule has 0 saturated carbocycles. The van der Waals surface area contributed by atoms with Crippen LogP contribution in [0.5, 0.6) is 0 Å². The first-order chi connectivity index (χ1) is 15.4. The number of carbonyl (C=O) groups excluding carboxylic acids is 2. The van der Waals surface area contributed by atoms with Gasteiger partial charge in [0.2, 0.25) is 0 Å². The molecule has 0 aliphatic carbocycles. The summed E-state index contributed by atoms with van der Waals surface area (Å²) in [6, 6.07) is 14.3. The number of nitro groups is 1. The molecule has 1 N–H and O–H groups in total. The van der Waals surface area contributed by atoms with Gasteiger partial charge in [-0.2, -0.15) is 0 Å². The maximum Gasteiger partial charge on any atom is 0.269 e. The third kappa shape index (κ3) is 4.74. The highest BCUT2D eigenvalue weighted by atomic mass is 35.5. The van der Waals surface area contributed by atoms with E-state index in [9.17, 15) is 19.7 Å². The largest absolute Gasteiger partial charge is 0.367 e. The van der Waals surface area contributed by atoms with Crippen LogP contribution < -0.4 is 10.2 Å². The molecule has 3 aromatic rings. The zero-order valence-corrected chi connectivity index (χ0v) is 18.4. The van der Waals surface area contributed by atoms with E-state index in [1.807, 2.05) is 28.5 Å². The van der Waals surface area contributed by atoms with Crippen molar-refractivity contribution >= 4 is 51.8 Å². The van der Waals surface area contributed by atoms with E-state index in [0.717, 1.165) is 10.6 Å². The van der Waals surface area contributed by atoms with Gasteiger partial charge in [-0.15, -0.1) is 11.3 Å². The lowest BCUT2D eigenvalue weighted by atomic mass is 10.2. The minimum absolute atomic E-state index is 0.0510. The summed E-state index contributed by atoms with van der Waals surface area (Å²) in [4.78, 5) is 39.9. The molecule has 2 aromatic carbocycles. The van der Waals surface area contributed by atoms with Gasteiger partial charge >= 0.3 is 0 Å².